The van der Waals surface area contributed by atoms with E-state index in [4.69, 9.17) is 5.26 Å². The van der Waals surface area contributed by atoms with Crippen LogP contribution >= 0.6 is 0 Å². The van der Waals surface area contributed by atoms with Crippen LogP contribution in [0.3, 0.4) is 0 Å². The van der Waals surface area contributed by atoms with Gasteiger partial charge in [0.05, 0.1) is 23.1 Å². The number of carbonyl (C=O) groups is 2. The van der Waals surface area contributed by atoms with Gasteiger partial charge in [0.25, 0.3) is 0 Å². The second-order valence-corrected chi connectivity index (χ2v) is 8.69. The lowest BCUT2D eigenvalue weighted by Crippen LogP contribution is -2.48. The summed E-state index contributed by atoms with van der Waals surface area (Å²) in [5, 5.41) is 11.7. The molecule has 2 aliphatic rings. The van der Waals surface area contributed by atoms with E-state index in [9.17, 15) is 22.8 Å². The van der Waals surface area contributed by atoms with Crippen molar-refractivity contribution in [3.63, 3.8) is 0 Å². The van der Waals surface area contributed by atoms with Gasteiger partial charge in [-0.2, -0.15) is 18.4 Å². The summed E-state index contributed by atoms with van der Waals surface area (Å²) >= 11 is 0. The van der Waals surface area contributed by atoms with Gasteiger partial charge in [-0.3, -0.25) is 4.79 Å². The van der Waals surface area contributed by atoms with E-state index >= 15 is 0 Å². The maximum absolute atomic E-state index is 13.4. The van der Waals surface area contributed by atoms with Crippen LogP contribution in [-0.4, -0.2) is 68.1 Å². The molecule has 3 rings (SSSR count). The van der Waals surface area contributed by atoms with Crippen LogP contribution in [0.5, 0.6) is 0 Å². The van der Waals surface area contributed by atoms with Crippen molar-refractivity contribution >= 4 is 17.6 Å². The highest BCUT2D eigenvalue weighted by molar-refractivity contribution is 5.82. The molecule has 1 spiro atoms. The van der Waals surface area contributed by atoms with E-state index in [0.29, 0.717) is 57.8 Å². The Morgan fingerprint density at radius 2 is 1.88 bits per heavy atom. The predicted octanol–water partition coefficient (Wildman–Crippen LogP) is 3.30. The second-order valence-electron chi connectivity index (χ2n) is 8.69. The van der Waals surface area contributed by atoms with Crippen LogP contribution in [0.15, 0.2) is 18.2 Å². The van der Waals surface area contributed by atoms with E-state index in [0.717, 1.165) is 6.07 Å². The third-order valence-electron chi connectivity index (χ3n) is 7.07. The lowest BCUT2D eigenvalue weighted by atomic mass is 9.70. The highest BCUT2D eigenvalue weighted by atomic mass is 19.4. The summed E-state index contributed by atoms with van der Waals surface area (Å²) in [4.78, 5) is 31.0. The first kappa shape index (κ1) is 24.7. The summed E-state index contributed by atoms with van der Waals surface area (Å²) < 4.78 is 40.2. The van der Waals surface area contributed by atoms with E-state index < -0.39 is 22.7 Å². The van der Waals surface area contributed by atoms with Gasteiger partial charge in [0, 0.05) is 57.4 Å². The number of amides is 3. The molecule has 1 aromatic rings. The van der Waals surface area contributed by atoms with Gasteiger partial charge in [0.2, 0.25) is 5.91 Å². The molecule has 0 bridgehead atoms. The zero-order valence-electron chi connectivity index (χ0n) is 19.2. The largest absolute Gasteiger partial charge is 0.417 e. The van der Waals surface area contributed by atoms with Crippen LogP contribution in [0.25, 0.3) is 0 Å². The van der Waals surface area contributed by atoms with Crippen molar-refractivity contribution < 1.29 is 22.8 Å². The number of likely N-dealkylation sites (tertiary alicyclic amines) is 1. The van der Waals surface area contributed by atoms with Crippen molar-refractivity contribution in [1.82, 2.24) is 15.1 Å². The highest BCUT2D eigenvalue weighted by Gasteiger charge is 2.52. The minimum atomic E-state index is -4.61. The molecule has 2 heterocycles. The molecular formula is C23H30F3N5O2. The minimum Gasteiger partial charge on any atom is -0.371 e. The molecule has 0 aromatic heterocycles. The number of alkyl halides is 3. The molecule has 2 saturated heterocycles. The molecule has 3 amide bonds. The molecule has 10 heteroatoms. The fourth-order valence-corrected chi connectivity index (χ4v) is 5.12. The Labute approximate surface area is 192 Å². The van der Waals surface area contributed by atoms with Gasteiger partial charge in [0.1, 0.15) is 0 Å². The first-order valence-electron chi connectivity index (χ1n) is 11.2. The van der Waals surface area contributed by atoms with Crippen LogP contribution in [0, 0.1) is 22.7 Å². The fraction of sp³-hybridized carbons (Fsp3) is 0.609. The fourth-order valence-electron chi connectivity index (χ4n) is 5.12. The Kier molecular flexibility index (Phi) is 7.10. The molecule has 1 unspecified atom stereocenters. The van der Waals surface area contributed by atoms with Gasteiger partial charge in [-0.1, -0.05) is 0 Å². The number of anilines is 1. The van der Waals surface area contributed by atoms with Gasteiger partial charge in [-0.15, -0.1) is 0 Å². The first-order valence-corrected chi connectivity index (χ1v) is 11.2. The highest BCUT2D eigenvalue weighted by Crippen LogP contribution is 2.46. The summed E-state index contributed by atoms with van der Waals surface area (Å²) in [6.07, 6.45) is -3.46. The van der Waals surface area contributed by atoms with Gasteiger partial charge in [0.15, 0.2) is 0 Å². The number of nitrogens with zero attached hydrogens (tertiary/aromatic N) is 4. The molecule has 2 fully saturated rings. The Morgan fingerprint density at radius 1 is 1.24 bits per heavy atom. The van der Waals surface area contributed by atoms with E-state index in [1.807, 2.05) is 18.7 Å². The number of nitrogens with one attached hydrogen (secondary N) is 1. The average molecular weight is 466 g/mol. The van der Waals surface area contributed by atoms with Crippen LogP contribution in [0.4, 0.5) is 23.7 Å². The van der Waals surface area contributed by atoms with Gasteiger partial charge in [-0.25, -0.2) is 4.79 Å². The summed E-state index contributed by atoms with van der Waals surface area (Å²) in [5.41, 5.74) is -1.36. The molecule has 1 atom stereocenters. The molecule has 1 aromatic carbocycles. The van der Waals surface area contributed by atoms with Crippen LogP contribution in [0.1, 0.15) is 37.8 Å². The van der Waals surface area contributed by atoms with E-state index in [-0.39, 0.29) is 17.9 Å². The Balaban J connectivity index is 1.81. The van der Waals surface area contributed by atoms with E-state index in [1.165, 1.54) is 12.1 Å². The molecule has 0 saturated carbocycles. The van der Waals surface area contributed by atoms with E-state index in [2.05, 4.69) is 5.32 Å². The number of nitriles is 1. The topological polar surface area (TPSA) is 79.7 Å². The zero-order valence-corrected chi connectivity index (χ0v) is 19.2. The number of carbonyl (C=O) groups excluding carboxylic acids is 2. The minimum absolute atomic E-state index is 0.0879. The van der Waals surface area contributed by atoms with Crippen LogP contribution in [0.2, 0.25) is 0 Å². The standard InChI is InChI=1S/C23H30F3N5O2/c1-4-29(5-2)21(33)31-14-19(20(32)28-3)22(15-31)8-10-30(11-9-22)17-7-6-16(13-27)18(12-17)23(24,25)26/h6-7,12,19H,4-5,8-11,14-15H2,1-3H3,(H,28,32). The normalized spacial score (nSPS) is 20.0. The zero-order chi connectivity index (χ0) is 24.4. The molecule has 0 radical (unpaired) electrons. The number of hydrogen-bond donors (Lipinski definition) is 1. The number of benzene rings is 1. The molecule has 2 aliphatic heterocycles. The maximum Gasteiger partial charge on any atom is 0.417 e. The Morgan fingerprint density at radius 3 is 2.39 bits per heavy atom. The lowest BCUT2D eigenvalue weighted by Gasteiger charge is -2.43. The molecule has 7 nitrogen and oxygen atoms in total. The maximum atomic E-state index is 13.4. The predicted molar refractivity (Wildman–Crippen MR) is 117 cm³/mol. The lowest BCUT2D eigenvalue weighted by molar-refractivity contribution is -0.137. The summed E-state index contributed by atoms with van der Waals surface area (Å²) in [7, 11) is 1.58. The van der Waals surface area contributed by atoms with Crippen molar-refractivity contribution in [2.45, 2.75) is 32.9 Å². The number of hydrogen-bond acceptors (Lipinski definition) is 4. The third kappa shape index (κ3) is 4.72. The SMILES string of the molecule is CCN(CC)C(=O)N1CC(C(=O)NC)C2(CCN(c3ccc(C#N)c(C(F)(F)F)c3)CC2)C1. The number of rotatable bonds is 4. The van der Waals surface area contributed by atoms with Crippen LogP contribution in [-0.2, 0) is 11.0 Å². The monoisotopic (exact) mass is 465 g/mol. The van der Waals surface area contributed by atoms with Crippen molar-refractivity contribution in [2.75, 3.05) is 51.2 Å². The summed E-state index contributed by atoms with van der Waals surface area (Å²) in [6, 6.07) is 5.28. The van der Waals surface area contributed by atoms with Gasteiger partial charge >= 0.3 is 12.2 Å². The van der Waals surface area contributed by atoms with Crippen LogP contribution < -0.4 is 10.2 Å². The van der Waals surface area contributed by atoms with Crippen molar-refractivity contribution in [1.29, 1.82) is 5.26 Å². The molecule has 180 valence electrons. The molecular weight excluding hydrogens is 435 g/mol. The number of halogens is 3. The second kappa shape index (κ2) is 9.49. The molecule has 1 N–H and O–H groups in total. The number of urea groups is 1. The molecule has 33 heavy (non-hydrogen) atoms. The summed E-state index contributed by atoms with van der Waals surface area (Å²) in [6.45, 7) is 6.70. The van der Waals surface area contributed by atoms with Gasteiger partial charge < -0.3 is 20.0 Å². The number of piperidine rings is 1. The smallest absolute Gasteiger partial charge is 0.371 e. The van der Waals surface area contributed by atoms with Crippen molar-refractivity contribution in [3.05, 3.63) is 29.3 Å². The molecule has 0 aliphatic carbocycles. The third-order valence-corrected chi connectivity index (χ3v) is 7.07. The first-order chi connectivity index (χ1) is 15.6. The summed E-state index contributed by atoms with van der Waals surface area (Å²) in [5.74, 6) is -0.480. The Bertz CT molecular complexity index is 931. The van der Waals surface area contributed by atoms with Crippen molar-refractivity contribution in [3.8, 4) is 6.07 Å². The quantitative estimate of drug-likeness (QED) is 0.740. The van der Waals surface area contributed by atoms with Gasteiger partial charge in [-0.05, 0) is 44.9 Å². The Hall–Kier alpha value is -2.96. The average Bonchev–Trinajstić information content (AvgIpc) is 3.17. The van der Waals surface area contributed by atoms with E-state index in [1.54, 1.807) is 22.9 Å². The van der Waals surface area contributed by atoms with Crippen molar-refractivity contribution in [2.24, 2.45) is 11.3 Å².